The number of nitrogens with one attached hydrogen (secondary N) is 2. The standard InChI is InChI=1S/C17H16N2O2/c1-21-15-5-3-14(4-6-15)19-17(20)11-12-2-7-16-13(10-12)8-9-18-16/h2-10,18H,11H2,1H3,(H,19,20). The summed E-state index contributed by atoms with van der Waals surface area (Å²) in [7, 11) is 1.62. The van der Waals surface area contributed by atoms with Crippen LogP contribution in [-0.2, 0) is 11.2 Å². The van der Waals surface area contributed by atoms with E-state index >= 15 is 0 Å². The summed E-state index contributed by atoms with van der Waals surface area (Å²) >= 11 is 0. The van der Waals surface area contributed by atoms with Gasteiger partial charge in [0.05, 0.1) is 13.5 Å². The zero-order chi connectivity index (χ0) is 14.7. The predicted octanol–water partition coefficient (Wildman–Crippen LogP) is 3.36. The quantitative estimate of drug-likeness (QED) is 0.770. The lowest BCUT2D eigenvalue weighted by Gasteiger charge is -2.06. The van der Waals surface area contributed by atoms with Gasteiger partial charge in [-0.1, -0.05) is 6.07 Å². The first-order chi connectivity index (χ1) is 10.2. The minimum Gasteiger partial charge on any atom is -0.497 e. The van der Waals surface area contributed by atoms with Crippen molar-refractivity contribution in [2.45, 2.75) is 6.42 Å². The Kier molecular flexibility index (Phi) is 3.60. The maximum atomic E-state index is 12.1. The minimum atomic E-state index is -0.0324. The number of H-pyrrole nitrogens is 1. The van der Waals surface area contributed by atoms with Gasteiger partial charge in [0.25, 0.3) is 0 Å². The van der Waals surface area contributed by atoms with Gasteiger partial charge in [-0.05, 0) is 53.4 Å². The van der Waals surface area contributed by atoms with Gasteiger partial charge in [-0.15, -0.1) is 0 Å². The van der Waals surface area contributed by atoms with Crippen LogP contribution in [0.2, 0.25) is 0 Å². The zero-order valence-corrected chi connectivity index (χ0v) is 11.7. The first-order valence-electron chi connectivity index (χ1n) is 6.74. The fraction of sp³-hybridized carbons (Fsp3) is 0.118. The second-order valence-electron chi connectivity index (χ2n) is 4.85. The number of carbonyl (C=O) groups is 1. The number of hydrogen-bond acceptors (Lipinski definition) is 2. The highest BCUT2D eigenvalue weighted by Crippen LogP contribution is 2.17. The highest BCUT2D eigenvalue weighted by atomic mass is 16.5. The molecule has 0 saturated heterocycles. The van der Waals surface area contributed by atoms with E-state index in [1.807, 2.05) is 54.7 Å². The van der Waals surface area contributed by atoms with Crippen LogP contribution in [0.5, 0.6) is 5.75 Å². The smallest absolute Gasteiger partial charge is 0.228 e. The molecule has 0 aliphatic heterocycles. The van der Waals surface area contributed by atoms with Crippen LogP contribution in [0, 0.1) is 0 Å². The third kappa shape index (κ3) is 3.05. The van der Waals surface area contributed by atoms with Crippen molar-refractivity contribution in [3.05, 3.63) is 60.3 Å². The number of ether oxygens (including phenoxy) is 1. The molecule has 0 bridgehead atoms. The van der Waals surface area contributed by atoms with Crippen molar-refractivity contribution in [2.75, 3.05) is 12.4 Å². The molecule has 3 aromatic rings. The second kappa shape index (κ2) is 5.71. The number of methoxy groups -OCH3 is 1. The number of carbonyl (C=O) groups excluding carboxylic acids is 1. The molecular formula is C17H16N2O2. The number of amides is 1. The SMILES string of the molecule is COc1ccc(NC(=O)Cc2ccc3[nH]ccc3c2)cc1. The summed E-state index contributed by atoms with van der Waals surface area (Å²) < 4.78 is 5.09. The number of aromatic nitrogens is 1. The van der Waals surface area contributed by atoms with E-state index in [1.165, 1.54) is 0 Å². The molecule has 4 nitrogen and oxygen atoms in total. The van der Waals surface area contributed by atoms with Gasteiger partial charge >= 0.3 is 0 Å². The largest absolute Gasteiger partial charge is 0.497 e. The first-order valence-corrected chi connectivity index (χ1v) is 6.74. The number of fused-ring (bicyclic) bond motifs is 1. The number of anilines is 1. The van der Waals surface area contributed by atoms with Crippen LogP contribution in [0.3, 0.4) is 0 Å². The van der Waals surface area contributed by atoms with E-state index in [9.17, 15) is 4.79 Å². The van der Waals surface area contributed by atoms with Crippen LogP contribution in [-0.4, -0.2) is 18.0 Å². The fourth-order valence-electron chi connectivity index (χ4n) is 2.28. The van der Waals surface area contributed by atoms with Gasteiger partial charge in [-0.3, -0.25) is 4.79 Å². The fourth-order valence-corrected chi connectivity index (χ4v) is 2.28. The Hall–Kier alpha value is -2.75. The zero-order valence-electron chi connectivity index (χ0n) is 11.7. The molecule has 21 heavy (non-hydrogen) atoms. The van der Waals surface area contributed by atoms with Crippen molar-refractivity contribution in [1.82, 2.24) is 4.98 Å². The lowest BCUT2D eigenvalue weighted by molar-refractivity contribution is -0.115. The van der Waals surface area contributed by atoms with Crippen molar-refractivity contribution < 1.29 is 9.53 Å². The molecule has 0 spiro atoms. The molecule has 0 aliphatic carbocycles. The molecule has 106 valence electrons. The van der Waals surface area contributed by atoms with E-state index in [2.05, 4.69) is 10.3 Å². The molecule has 4 heteroatoms. The minimum absolute atomic E-state index is 0.0324. The Morgan fingerprint density at radius 1 is 1.14 bits per heavy atom. The van der Waals surface area contributed by atoms with E-state index in [0.717, 1.165) is 27.9 Å². The lowest BCUT2D eigenvalue weighted by Crippen LogP contribution is -2.14. The van der Waals surface area contributed by atoms with Crippen LogP contribution >= 0.6 is 0 Å². The Labute approximate surface area is 122 Å². The number of hydrogen-bond donors (Lipinski definition) is 2. The molecule has 0 atom stereocenters. The molecule has 2 N–H and O–H groups in total. The van der Waals surface area contributed by atoms with Crippen molar-refractivity contribution in [3.8, 4) is 5.75 Å². The van der Waals surface area contributed by atoms with Crippen molar-refractivity contribution in [3.63, 3.8) is 0 Å². The van der Waals surface area contributed by atoms with E-state index in [0.29, 0.717) is 6.42 Å². The molecule has 1 aromatic heterocycles. The molecular weight excluding hydrogens is 264 g/mol. The summed E-state index contributed by atoms with van der Waals surface area (Å²) in [4.78, 5) is 15.2. The van der Waals surface area contributed by atoms with Crippen molar-refractivity contribution in [1.29, 1.82) is 0 Å². The predicted molar refractivity (Wildman–Crippen MR) is 83.6 cm³/mol. The van der Waals surface area contributed by atoms with Crippen LogP contribution in [0.25, 0.3) is 10.9 Å². The van der Waals surface area contributed by atoms with Crippen molar-refractivity contribution in [2.24, 2.45) is 0 Å². The van der Waals surface area contributed by atoms with Gasteiger partial charge in [0.2, 0.25) is 5.91 Å². The van der Waals surface area contributed by atoms with E-state index in [4.69, 9.17) is 4.74 Å². The molecule has 3 rings (SSSR count). The van der Waals surface area contributed by atoms with E-state index in [1.54, 1.807) is 7.11 Å². The molecule has 0 fully saturated rings. The van der Waals surface area contributed by atoms with E-state index in [-0.39, 0.29) is 5.91 Å². The Morgan fingerprint density at radius 3 is 2.71 bits per heavy atom. The number of rotatable bonds is 4. The number of aromatic amines is 1. The summed E-state index contributed by atoms with van der Waals surface area (Å²) in [5.74, 6) is 0.737. The highest BCUT2D eigenvalue weighted by Gasteiger charge is 2.05. The molecule has 1 amide bonds. The third-order valence-electron chi connectivity index (χ3n) is 3.36. The van der Waals surface area contributed by atoms with E-state index < -0.39 is 0 Å². The summed E-state index contributed by atoms with van der Waals surface area (Å²) in [5, 5.41) is 4.00. The monoisotopic (exact) mass is 280 g/mol. The molecule has 0 saturated carbocycles. The van der Waals surface area contributed by atoms with Crippen LogP contribution in [0.15, 0.2) is 54.7 Å². The normalized spacial score (nSPS) is 10.5. The number of benzene rings is 2. The third-order valence-corrected chi connectivity index (χ3v) is 3.36. The van der Waals surface area contributed by atoms with Crippen LogP contribution < -0.4 is 10.1 Å². The Balaban J connectivity index is 1.67. The van der Waals surface area contributed by atoms with Gasteiger partial charge in [-0.25, -0.2) is 0 Å². The maximum absolute atomic E-state index is 12.1. The van der Waals surface area contributed by atoms with Gasteiger partial charge < -0.3 is 15.0 Å². The van der Waals surface area contributed by atoms with Gasteiger partial charge in [0.15, 0.2) is 0 Å². The van der Waals surface area contributed by atoms with Gasteiger partial charge in [0, 0.05) is 17.4 Å². The van der Waals surface area contributed by atoms with Crippen molar-refractivity contribution >= 4 is 22.5 Å². The summed E-state index contributed by atoms with van der Waals surface area (Å²) in [6.45, 7) is 0. The van der Waals surface area contributed by atoms with Gasteiger partial charge in [0.1, 0.15) is 5.75 Å². The topological polar surface area (TPSA) is 54.1 Å². The Bertz CT molecular complexity index is 760. The van der Waals surface area contributed by atoms with Crippen LogP contribution in [0.4, 0.5) is 5.69 Å². The first kappa shape index (κ1) is 13.2. The molecule has 1 heterocycles. The molecule has 0 radical (unpaired) electrons. The maximum Gasteiger partial charge on any atom is 0.228 e. The average Bonchev–Trinajstić information content (AvgIpc) is 2.95. The second-order valence-corrected chi connectivity index (χ2v) is 4.85. The summed E-state index contributed by atoms with van der Waals surface area (Å²) in [6, 6.07) is 15.3. The average molecular weight is 280 g/mol. The van der Waals surface area contributed by atoms with Crippen LogP contribution in [0.1, 0.15) is 5.56 Å². The molecule has 0 unspecified atom stereocenters. The summed E-state index contributed by atoms with van der Waals surface area (Å²) in [5.41, 5.74) is 2.84. The Morgan fingerprint density at radius 2 is 1.95 bits per heavy atom. The molecule has 0 aliphatic rings. The summed E-state index contributed by atoms with van der Waals surface area (Å²) in [6.07, 6.45) is 2.25. The highest BCUT2D eigenvalue weighted by molar-refractivity contribution is 5.93. The van der Waals surface area contributed by atoms with Gasteiger partial charge in [-0.2, -0.15) is 0 Å². The molecule has 2 aromatic carbocycles. The lowest BCUT2D eigenvalue weighted by atomic mass is 10.1.